The molecule has 0 aliphatic heterocycles. The molecule has 21 heavy (non-hydrogen) atoms. The highest BCUT2D eigenvalue weighted by Crippen LogP contribution is 2.20. The second-order valence-electron chi connectivity index (χ2n) is 5.81. The van der Waals surface area contributed by atoms with E-state index in [0.29, 0.717) is 0 Å². The molecule has 0 saturated carbocycles. The van der Waals surface area contributed by atoms with Crippen LogP contribution in [0.4, 0.5) is 0 Å². The van der Waals surface area contributed by atoms with Crippen LogP contribution in [-0.4, -0.2) is 29.6 Å². The Kier molecular flexibility index (Phi) is 5.54. The highest BCUT2D eigenvalue weighted by Gasteiger charge is 2.20. The number of hydrogen-bond acceptors (Lipinski definition) is 2. The molecule has 2 heteroatoms. The number of benzene rings is 2. The molecule has 0 aliphatic rings. The first-order valence-corrected chi connectivity index (χ1v) is 7.56. The van der Waals surface area contributed by atoms with Crippen LogP contribution in [0.1, 0.15) is 29.7 Å². The molecule has 2 unspecified atom stereocenters. The van der Waals surface area contributed by atoms with Crippen molar-refractivity contribution >= 4 is 0 Å². The van der Waals surface area contributed by atoms with E-state index in [4.69, 9.17) is 0 Å². The van der Waals surface area contributed by atoms with E-state index in [0.717, 1.165) is 18.5 Å². The maximum Gasteiger partial charge on any atom is 0.0942 e. The molecule has 0 bridgehead atoms. The van der Waals surface area contributed by atoms with Crippen LogP contribution in [0, 0.1) is 6.92 Å². The lowest BCUT2D eigenvalue weighted by Crippen LogP contribution is -2.35. The summed E-state index contributed by atoms with van der Waals surface area (Å²) in [6.07, 6.45) is 0.550. The summed E-state index contributed by atoms with van der Waals surface area (Å²) in [6.45, 7) is 5.08. The summed E-state index contributed by atoms with van der Waals surface area (Å²) in [7, 11) is 2.07. The summed E-state index contributed by atoms with van der Waals surface area (Å²) in [5.41, 5.74) is 3.54. The van der Waals surface area contributed by atoms with Gasteiger partial charge in [0.2, 0.25) is 0 Å². The standard InChI is InChI=1S/C19H25NO/c1-15-9-11-18(12-10-15)19(21)16(2)20(3)14-13-17-7-5-4-6-8-17/h4-12,16,19,21H,13-14H2,1-3H3. The van der Waals surface area contributed by atoms with Crippen molar-refractivity contribution in [1.82, 2.24) is 4.90 Å². The maximum absolute atomic E-state index is 10.5. The van der Waals surface area contributed by atoms with E-state index in [1.807, 2.05) is 18.2 Å². The molecule has 112 valence electrons. The van der Waals surface area contributed by atoms with Crippen molar-refractivity contribution in [2.24, 2.45) is 0 Å². The number of aryl methyl sites for hydroxylation is 1. The fourth-order valence-electron chi connectivity index (χ4n) is 2.44. The van der Waals surface area contributed by atoms with Gasteiger partial charge in [-0.05, 0) is 38.4 Å². The van der Waals surface area contributed by atoms with E-state index >= 15 is 0 Å². The van der Waals surface area contributed by atoms with E-state index in [-0.39, 0.29) is 6.04 Å². The summed E-state index contributed by atoms with van der Waals surface area (Å²) in [5, 5.41) is 10.5. The lowest BCUT2D eigenvalue weighted by Gasteiger charge is -2.29. The van der Waals surface area contributed by atoms with Gasteiger partial charge in [0.25, 0.3) is 0 Å². The molecule has 0 saturated heterocycles. The minimum atomic E-state index is -0.452. The van der Waals surface area contributed by atoms with Gasteiger partial charge in [0, 0.05) is 12.6 Å². The highest BCUT2D eigenvalue weighted by atomic mass is 16.3. The van der Waals surface area contributed by atoms with Crippen LogP contribution in [-0.2, 0) is 6.42 Å². The van der Waals surface area contributed by atoms with Crippen LogP contribution < -0.4 is 0 Å². The Morgan fingerprint density at radius 3 is 2.24 bits per heavy atom. The molecular weight excluding hydrogens is 258 g/mol. The van der Waals surface area contributed by atoms with Gasteiger partial charge in [-0.25, -0.2) is 0 Å². The fraction of sp³-hybridized carbons (Fsp3) is 0.368. The Balaban J connectivity index is 1.92. The lowest BCUT2D eigenvalue weighted by molar-refractivity contribution is 0.0732. The number of aliphatic hydroxyl groups is 1. The van der Waals surface area contributed by atoms with Gasteiger partial charge in [-0.1, -0.05) is 60.2 Å². The van der Waals surface area contributed by atoms with Gasteiger partial charge in [0.15, 0.2) is 0 Å². The molecule has 0 radical (unpaired) electrons. The van der Waals surface area contributed by atoms with Crippen LogP contribution in [0.2, 0.25) is 0 Å². The van der Waals surface area contributed by atoms with E-state index in [9.17, 15) is 5.11 Å². The normalized spacial score (nSPS) is 14.1. The molecule has 2 aromatic carbocycles. The third-order valence-corrected chi connectivity index (χ3v) is 4.17. The van der Waals surface area contributed by atoms with Crippen molar-refractivity contribution in [3.8, 4) is 0 Å². The van der Waals surface area contributed by atoms with E-state index in [1.54, 1.807) is 0 Å². The van der Waals surface area contributed by atoms with Crippen molar-refractivity contribution < 1.29 is 5.11 Å². The number of aliphatic hydroxyl groups excluding tert-OH is 1. The molecule has 2 nitrogen and oxygen atoms in total. The molecule has 2 aromatic rings. The zero-order valence-corrected chi connectivity index (χ0v) is 13.2. The molecule has 0 aromatic heterocycles. The molecule has 0 heterocycles. The average Bonchev–Trinajstić information content (AvgIpc) is 2.53. The summed E-state index contributed by atoms with van der Waals surface area (Å²) in [6, 6.07) is 18.7. The van der Waals surface area contributed by atoms with Crippen LogP contribution >= 0.6 is 0 Å². The largest absolute Gasteiger partial charge is 0.387 e. The maximum atomic E-state index is 10.5. The van der Waals surface area contributed by atoms with Gasteiger partial charge in [0.05, 0.1) is 6.10 Å². The Labute approximate surface area is 128 Å². The predicted molar refractivity (Wildman–Crippen MR) is 88.4 cm³/mol. The molecule has 2 atom stereocenters. The van der Waals surface area contributed by atoms with Crippen molar-refractivity contribution in [1.29, 1.82) is 0 Å². The smallest absolute Gasteiger partial charge is 0.0942 e. The predicted octanol–water partition coefficient (Wildman–Crippen LogP) is 3.59. The van der Waals surface area contributed by atoms with Gasteiger partial charge in [0.1, 0.15) is 0 Å². The van der Waals surface area contributed by atoms with Gasteiger partial charge < -0.3 is 10.0 Å². The van der Waals surface area contributed by atoms with Gasteiger partial charge in [-0.3, -0.25) is 0 Å². The Morgan fingerprint density at radius 2 is 1.62 bits per heavy atom. The average molecular weight is 283 g/mol. The number of nitrogens with zero attached hydrogens (tertiary/aromatic N) is 1. The zero-order chi connectivity index (χ0) is 15.2. The second-order valence-corrected chi connectivity index (χ2v) is 5.81. The minimum Gasteiger partial charge on any atom is -0.387 e. The van der Waals surface area contributed by atoms with Gasteiger partial charge >= 0.3 is 0 Å². The van der Waals surface area contributed by atoms with Crippen molar-refractivity contribution in [3.63, 3.8) is 0 Å². The molecule has 1 N–H and O–H groups in total. The Bertz CT molecular complexity index is 535. The molecule has 0 aliphatic carbocycles. The third-order valence-electron chi connectivity index (χ3n) is 4.17. The number of likely N-dealkylation sites (N-methyl/N-ethyl adjacent to an activating group) is 1. The van der Waals surface area contributed by atoms with Gasteiger partial charge in [-0.2, -0.15) is 0 Å². The fourth-order valence-corrected chi connectivity index (χ4v) is 2.44. The minimum absolute atomic E-state index is 0.0939. The number of hydrogen-bond donors (Lipinski definition) is 1. The van der Waals surface area contributed by atoms with Gasteiger partial charge in [-0.15, -0.1) is 0 Å². The summed E-state index contributed by atoms with van der Waals surface area (Å²) in [5.74, 6) is 0. The topological polar surface area (TPSA) is 23.5 Å². The molecule has 2 rings (SSSR count). The van der Waals surface area contributed by atoms with Crippen LogP contribution in [0.5, 0.6) is 0 Å². The molecule has 0 spiro atoms. The SMILES string of the molecule is Cc1ccc(C(O)C(C)N(C)CCc2ccccc2)cc1. The van der Waals surface area contributed by atoms with E-state index < -0.39 is 6.10 Å². The molecule has 0 amide bonds. The van der Waals surface area contributed by atoms with Crippen LogP contribution in [0.15, 0.2) is 54.6 Å². The number of rotatable bonds is 6. The third kappa shape index (κ3) is 4.42. The van der Waals surface area contributed by atoms with Crippen LogP contribution in [0.25, 0.3) is 0 Å². The molecular formula is C19H25NO. The quantitative estimate of drug-likeness (QED) is 0.875. The summed E-state index contributed by atoms with van der Waals surface area (Å²) in [4.78, 5) is 2.22. The summed E-state index contributed by atoms with van der Waals surface area (Å²) >= 11 is 0. The first-order chi connectivity index (χ1) is 10.1. The Morgan fingerprint density at radius 1 is 1.00 bits per heavy atom. The van der Waals surface area contributed by atoms with Crippen LogP contribution in [0.3, 0.4) is 0 Å². The monoisotopic (exact) mass is 283 g/mol. The first kappa shape index (κ1) is 15.7. The zero-order valence-electron chi connectivity index (χ0n) is 13.2. The van der Waals surface area contributed by atoms with Crippen molar-refractivity contribution in [2.75, 3.05) is 13.6 Å². The summed E-state index contributed by atoms with van der Waals surface area (Å²) < 4.78 is 0. The first-order valence-electron chi connectivity index (χ1n) is 7.56. The molecule has 0 fully saturated rings. The second kappa shape index (κ2) is 7.39. The van der Waals surface area contributed by atoms with E-state index in [1.165, 1.54) is 11.1 Å². The van der Waals surface area contributed by atoms with Crippen molar-refractivity contribution in [3.05, 3.63) is 71.3 Å². The van der Waals surface area contributed by atoms with Crippen molar-refractivity contribution in [2.45, 2.75) is 32.4 Å². The highest BCUT2D eigenvalue weighted by molar-refractivity contribution is 5.24. The van der Waals surface area contributed by atoms with E-state index in [2.05, 4.69) is 62.2 Å². The lowest BCUT2D eigenvalue weighted by atomic mass is 10.0. The Hall–Kier alpha value is -1.64.